The van der Waals surface area contributed by atoms with Gasteiger partial charge >= 0.3 is 0 Å². The summed E-state index contributed by atoms with van der Waals surface area (Å²) in [5, 5.41) is 3.41. The molecule has 1 aromatic heterocycles. The molecule has 2 fully saturated rings. The van der Waals surface area contributed by atoms with Crippen molar-refractivity contribution in [1.29, 1.82) is 0 Å². The molecule has 1 aromatic rings. The summed E-state index contributed by atoms with van der Waals surface area (Å²) in [6.07, 6.45) is 5.27. The van der Waals surface area contributed by atoms with Gasteiger partial charge in [0.15, 0.2) is 0 Å². The van der Waals surface area contributed by atoms with Crippen LogP contribution in [0.2, 0.25) is 0 Å². The number of nitrogens with one attached hydrogen (secondary N) is 1. The quantitative estimate of drug-likeness (QED) is 0.845. The van der Waals surface area contributed by atoms with E-state index in [-0.39, 0.29) is 0 Å². The third-order valence-corrected chi connectivity index (χ3v) is 5.65. The van der Waals surface area contributed by atoms with Crippen LogP contribution in [0, 0.1) is 5.92 Å². The Morgan fingerprint density at radius 3 is 3.00 bits per heavy atom. The lowest BCUT2D eigenvalue weighted by molar-refractivity contribution is 0.339. The molecule has 0 spiro atoms. The van der Waals surface area contributed by atoms with Crippen molar-refractivity contribution >= 4 is 10.0 Å². The molecule has 0 radical (unpaired) electrons. The molecule has 0 bridgehead atoms. The molecule has 18 heavy (non-hydrogen) atoms. The minimum absolute atomic E-state index is 0.295. The monoisotopic (exact) mass is 267 g/mol. The maximum atomic E-state index is 12.4. The summed E-state index contributed by atoms with van der Waals surface area (Å²) in [6, 6.07) is 3.59. The molecule has 5 nitrogen and oxygen atoms in total. The highest BCUT2D eigenvalue weighted by Crippen LogP contribution is 2.28. The van der Waals surface area contributed by atoms with Crippen molar-refractivity contribution in [3.05, 3.63) is 24.5 Å². The first-order valence-corrected chi connectivity index (χ1v) is 7.75. The van der Waals surface area contributed by atoms with Crippen LogP contribution in [-0.4, -0.2) is 43.4 Å². The maximum absolute atomic E-state index is 12.4. The molecule has 2 unspecified atom stereocenters. The summed E-state index contributed by atoms with van der Waals surface area (Å²) in [5.41, 5.74) is 0. The van der Waals surface area contributed by atoms with Gasteiger partial charge < -0.3 is 5.32 Å². The summed E-state index contributed by atoms with van der Waals surface area (Å²) < 4.78 is 26.5. The summed E-state index contributed by atoms with van der Waals surface area (Å²) in [5.74, 6) is 0.463. The van der Waals surface area contributed by atoms with Crippen molar-refractivity contribution in [2.24, 2.45) is 5.92 Å². The third kappa shape index (κ3) is 2.04. The molecular formula is C12H17N3O2S. The predicted molar refractivity (Wildman–Crippen MR) is 67.5 cm³/mol. The van der Waals surface area contributed by atoms with E-state index in [0.717, 1.165) is 19.4 Å². The number of rotatable bonds is 2. The molecule has 0 saturated carbocycles. The van der Waals surface area contributed by atoms with Crippen molar-refractivity contribution in [2.45, 2.75) is 23.8 Å². The van der Waals surface area contributed by atoms with E-state index in [1.807, 2.05) is 0 Å². The second-order valence-corrected chi connectivity index (χ2v) is 6.91. The Hall–Kier alpha value is -0.980. The number of piperidine rings is 1. The molecule has 0 aliphatic carbocycles. The SMILES string of the molecule is O=S(=O)(c1cccnc1)N1CC2CCCNC2C1. The van der Waals surface area contributed by atoms with Crippen LogP contribution in [0.25, 0.3) is 0 Å². The number of sulfonamides is 1. The Morgan fingerprint density at radius 2 is 2.28 bits per heavy atom. The first-order chi connectivity index (χ1) is 8.68. The molecule has 3 rings (SSSR count). The lowest BCUT2D eigenvalue weighted by Gasteiger charge is -2.24. The number of fused-ring (bicyclic) bond motifs is 1. The standard InChI is InChI=1S/C12H17N3O2S/c16-18(17,11-4-2-5-13-7-11)15-8-10-3-1-6-14-12(10)9-15/h2,4-5,7,10,12,14H,1,3,6,8-9H2. The molecule has 2 saturated heterocycles. The Balaban J connectivity index is 1.83. The maximum Gasteiger partial charge on any atom is 0.244 e. The van der Waals surface area contributed by atoms with Crippen molar-refractivity contribution in [2.75, 3.05) is 19.6 Å². The average Bonchev–Trinajstić information content (AvgIpc) is 2.84. The topological polar surface area (TPSA) is 62.3 Å². The van der Waals surface area contributed by atoms with E-state index in [2.05, 4.69) is 10.3 Å². The number of pyridine rings is 1. The van der Waals surface area contributed by atoms with Crippen LogP contribution in [0.5, 0.6) is 0 Å². The second-order valence-electron chi connectivity index (χ2n) is 4.97. The first-order valence-electron chi connectivity index (χ1n) is 6.31. The number of hydrogen-bond donors (Lipinski definition) is 1. The van der Waals surface area contributed by atoms with E-state index >= 15 is 0 Å². The Morgan fingerprint density at radius 1 is 1.39 bits per heavy atom. The lowest BCUT2D eigenvalue weighted by atomic mass is 9.94. The van der Waals surface area contributed by atoms with Crippen LogP contribution in [0.4, 0.5) is 0 Å². The van der Waals surface area contributed by atoms with Gasteiger partial charge in [-0.1, -0.05) is 0 Å². The van der Waals surface area contributed by atoms with Crippen LogP contribution < -0.4 is 5.32 Å². The van der Waals surface area contributed by atoms with E-state index in [1.165, 1.54) is 6.20 Å². The molecule has 0 amide bonds. The van der Waals surface area contributed by atoms with E-state index in [1.54, 1.807) is 22.6 Å². The summed E-state index contributed by atoms with van der Waals surface area (Å²) in [4.78, 5) is 4.19. The fourth-order valence-electron chi connectivity index (χ4n) is 2.85. The van der Waals surface area contributed by atoms with Gasteiger partial charge in [0, 0.05) is 31.5 Å². The Bertz CT molecular complexity index is 503. The van der Waals surface area contributed by atoms with Crippen LogP contribution in [0.15, 0.2) is 29.4 Å². The first kappa shape index (κ1) is 12.1. The molecular weight excluding hydrogens is 250 g/mol. The van der Waals surface area contributed by atoms with Gasteiger partial charge in [0.1, 0.15) is 4.90 Å². The zero-order chi connectivity index (χ0) is 12.6. The van der Waals surface area contributed by atoms with Gasteiger partial charge in [-0.25, -0.2) is 8.42 Å². The largest absolute Gasteiger partial charge is 0.312 e. The molecule has 98 valence electrons. The Kier molecular flexibility index (Phi) is 3.09. The highest BCUT2D eigenvalue weighted by molar-refractivity contribution is 7.89. The second kappa shape index (κ2) is 4.60. The zero-order valence-electron chi connectivity index (χ0n) is 10.1. The van der Waals surface area contributed by atoms with Crippen LogP contribution in [-0.2, 0) is 10.0 Å². The van der Waals surface area contributed by atoms with Crippen LogP contribution in [0.1, 0.15) is 12.8 Å². The van der Waals surface area contributed by atoms with Crippen molar-refractivity contribution in [3.8, 4) is 0 Å². The van der Waals surface area contributed by atoms with Crippen molar-refractivity contribution in [1.82, 2.24) is 14.6 Å². The summed E-state index contributed by atoms with van der Waals surface area (Å²) >= 11 is 0. The number of hydrogen-bond acceptors (Lipinski definition) is 4. The van der Waals surface area contributed by atoms with Gasteiger partial charge in [-0.15, -0.1) is 0 Å². The van der Waals surface area contributed by atoms with Gasteiger partial charge in [0.25, 0.3) is 0 Å². The Labute approximate surface area is 107 Å². The van der Waals surface area contributed by atoms with Crippen molar-refractivity contribution < 1.29 is 8.42 Å². The van der Waals surface area contributed by atoms with Crippen LogP contribution >= 0.6 is 0 Å². The van der Waals surface area contributed by atoms with Gasteiger partial charge in [-0.2, -0.15) is 4.31 Å². The lowest BCUT2D eigenvalue weighted by Crippen LogP contribution is -2.41. The molecule has 2 atom stereocenters. The predicted octanol–water partition coefficient (Wildman–Crippen LogP) is 0.454. The van der Waals surface area contributed by atoms with E-state index in [0.29, 0.717) is 29.9 Å². The minimum Gasteiger partial charge on any atom is -0.312 e. The minimum atomic E-state index is -3.37. The molecule has 6 heteroatoms. The third-order valence-electron chi connectivity index (χ3n) is 3.84. The van der Waals surface area contributed by atoms with E-state index < -0.39 is 10.0 Å². The summed E-state index contributed by atoms with van der Waals surface area (Å²) in [6.45, 7) is 2.22. The smallest absolute Gasteiger partial charge is 0.244 e. The van der Waals surface area contributed by atoms with Crippen molar-refractivity contribution in [3.63, 3.8) is 0 Å². The van der Waals surface area contributed by atoms with Gasteiger partial charge in [-0.3, -0.25) is 4.98 Å². The molecule has 0 aromatic carbocycles. The highest BCUT2D eigenvalue weighted by atomic mass is 32.2. The molecule has 2 aliphatic rings. The molecule has 1 N–H and O–H groups in total. The highest BCUT2D eigenvalue weighted by Gasteiger charge is 2.40. The van der Waals surface area contributed by atoms with Crippen LogP contribution in [0.3, 0.4) is 0 Å². The normalized spacial score (nSPS) is 29.1. The van der Waals surface area contributed by atoms with E-state index in [4.69, 9.17) is 0 Å². The van der Waals surface area contributed by atoms with E-state index in [9.17, 15) is 8.42 Å². The fraction of sp³-hybridized carbons (Fsp3) is 0.583. The van der Waals surface area contributed by atoms with Gasteiger partial charge in [0.2, 0.25) is 10.0 Å². The number of nitrogens with zero attached hydrogens (tertiary/aromatic N) is 2. The molecule has 2 aliphatic heterocycles. The molecule has 3 heterocycles. The van der Waals surface area contributed by atoms with Gasteiger partial charge in [0.05, 0.1) is 0 Å². The summed E-state index contributed by atoms with van der Waals surface area (Å²) in [7, 11) is -3.37. The zero-order valence-corrected chi connectivity index (χ0v) is 10.9. The number of aromatic nitrogens is 1. The van der Waals surface area contributed by atoms with Gasteiger partial charge in [-0.05, 0) is 37.4 Å². The average molecular weight is 267 g/mol. The fourth-order valence-corrected chi connectivity index (χ4v) is 4.34.